The number of nitrogens with two attached hydrogens (primary N) is 1. The molecule has 1 amide bonds. The van der Waals surface area contributed by atoms with Gasteiger partial charge in [-0.25, -0.2) is 0 Å². The first-order valence-electron chi connectivity index (χ1n) is 6.91. The van der Waals surface area contributed by atoms with Crippen LogP contribution in [0.1, 0.15) is 0 Å². The molecule has 0 spiro atoms. The number of morpholine rings is 1. The molecule has 110 valence electrons. The predicted molar refractivity (Wildman–Crippen MR) is 82.2 cm³/mol. The fourth-order valence-electron chi connectivity index (χ4n) is 2.69. The van der Waals surface area contributed by atoms with Gasteiger partial charge in [0.05, 0.1) is 24.4 Å². The number of nitrogens with zero attached hydrogens (tertiary/aromatic N) is 2. The highest BCUT2D eigenvalue weighted by molar-refractivity contribution is 6.00. The molecule has 1 fully saturated rings. The zero-order valence-corrected chi connectivity index (χ0v) is 11.9. The maximum atomic E-state index is 12.1. The van der Waals surface area contributed by atoms with Gasteiger partial charge in [0, 0.05) is 30.9 Å². The predicted octanol–water partition coefficient (Wildman–Crippen LogP) is 0.768. The van der Waals surface area contributed by atoms with Crippen molar-refractivity contribution in [3.05, 3.63) is 30.5 Å². The van der Waals surface area contributed by atoms with Crippen molar-refractivity contribution >= 4 is 28.2 Å². The summed E-state index contributed by atoms with van der Waals surface area (Å²) >= 11 is 0. The van der Waals surface area contributed by atoms with E-state index in [1.165, 1.54) is 0 Å². The van der Waals surface area contributed by atoms with Crippen LogP contribution in [0.3, 0.4) is 0 Å². The van der Waals surface area contributed by atoms with Gasteiger partial charge in [0.1, 0.15) is 6.04 Å². The second-order valence-corrected chi connectivity index (χ2v) is 4.97. The van der Waals surface area contributed by atoms with Gasteiger partial charge in [-0.2, -0.15) is 0 Å². The van der Waals surface area contributed by atoms with Crippen molar-refractivity contribution in [2.24, 2.45) is 0 Å². The molecule has 1 atom stereocenters. The number of pyridine rings is 1. The van der Waals surface area contributed by atoms with Crippen molar-refractivity contribution in [3.8, 4) is 0 Å². The Morgan fingerprint density at radius 3 is 3.14 bits per heavy atom. The summed E-state index contributed by atoms with van der Waals surface area (Å²) in [7, 11) is 1.63. The monoisotopic (exact) mass is 286 g/mol. The third kappa shape index (κ3) is 2.38. The van der Waals surface area contributed by atoms with Crippen molar-refractivity contribution in [1.82, 2.24) is 10.3 Å². The minimum atomic E-state index is -0.349. The number of carbonyl (C=O) groups is 1. The molecule has 6 nitrogen and oxygen atoms in total. The number of benzene rings is 1. The molecule has 1 unspecified atom stereocenters. The van der Waals surface area contributed by atoms with Gasteiger partial charge in [0.15, 0.2) is 0 Å². The van der Waals surface area contributed by atoms with Crippen LogP contribution in [0.4, 0.5) is 11.4 Å². The van der Waals surface area contributed by atoms with Crippen LogP contribution in [0.15, 0.2) is 30.5 Å². The molecule has 2 aromatic rings. The molecule has 3 rings (SSSR count). The Hall–Kier alpha value is -2.34. The average Bonchev–Trinajstić information content (AvgIpc) is 2.55. The second kappa shape index (κ2) is 5.57. The van der Waals surface area contributed by atoms with Crippen molar-refractivity contribution in [2.45, 2.75) is 6.04 Å². The molecule has 21 heavy (non-hydrogen) atoms. The summed E-state index contributed by atoms with van der Waals surface area (Å²) in [5.74, 6) is -0.0596. The van der Waals surface area contributed by atoms with Crippen LogP contribution in [-0.2, 0) is 9.53 Å². The standard InChI is InChI=1S/C15H18N4O2/c1-17-15(20)13-9-21-8-7-19(13)12-5-4-11(16)10-3-2-6-18-14(10)12/h2-6,13H,7-9,16H2,1H3,(H,17,20). The van der Waals surface area contributed by atoms with E-state index in [-0.39, 0.29) is 11.9 Å². The molecular formula is C15H18N4O2. The number of likely N-dealkylation sites (N-methyl/N-ethyl adjacent to an activating group) is 1. The number of fused-ring (bicyclic) bond motifs is 1. The van der Waals surface area contributed by atoms with Crippen LogP contribution in [0.5, 0.6) is 0 Å². The van der Waals surface area contributed by atoms with E-state index in [9.17, 15) is 4.79 Å². The molecule has 1 saturated heterocycles. The molecule has 0 aliphatic carbocycles. The van der Waals surface area contributed by atoms with E-state index in [1.54, 1.807) is 13.2 Å². The van der Waals surface area contributed by atoms with Gasteiger partial charge in [0.25, 0.3) is 0 Å². The van der Waals surface area contributed by atoms with Crippen molar-refractivity contribution in [3.63, 3.8) is 0 Å². The largest absolute Gasteiger partial charge is 0.398 e. The van der Waals surface area contributed by atoms with Crippen LogP contribution in [-0.4, -0.2) is 43.7 Å². The number of rotatable bonds is 2. The van der Waals surface area contributed by atoms with E-state index in [1.807, 2.05) is 29.2 Å². The first-order chi connectivity index (χ1) is 10.2. The quantitative estimate of drug-likeness (QED) is 0.797. The molecule has 0 saturated carbocycles. The lowest BCUT2D eigenvalue weighted by Crippen LogP contribution is -2.53. The number of nitrogens with one attached hydrogen (secondary N) is 1. The summed E-state index contributed by atoms with van der Waals surface area (Å²) < 4.78 is 5.44. The Morgan fingerprint density at radius 1 is 1.48 bits per heavy atom. The smallest absolute Gasteiger partial charge is 0.244 e. The molecule has 1 aliphatic heterocycles. The lowest BCUT2D eigenvalue weighted by molar-refractivity contribution is -0.124. The van der Waals surface area contributed by atoms with E-state index in [0.717, 1.165) is 16.6 Å². The van der Waals surface area contributed by atoms with Gasteiger partial charge >= 0.3 is 0 Å². The van der Waals surface area contributed by atoms with E-state index >= 15 is 0 Å². The van der Waals surface area contributed by atoms with Gasteiger partial charge in [-0.05, 0) is 24.3 Å². The maximum Gasteiger partial charge on any atom is 0.244 e. The summed E-state index contributed by atoms with van der Waals surface area (Å²) in [5, 5.41) is 3.59. The maximum absolute atomic E-state index is 12.1. The Labute approximate surface area is 122 Å². The van der Waals surface area contributed by atoms with Gasteiger partial charge < -0.3 is 20.7 Å². The summed E-state index contributed by atoms with van der Waals surface area (Å²) in [5.41, 5.74) is 8.43. The van der Waals surface area contributed by atoms with E-state index in [0.29, 0.717) is 25.4 Å². The average molecular weight is 286 g/mol. The Morgan fingerprint density at radius 2 is 2.33 bits per heavy atom. The highest BCUT2D eigenvalue weighted by Crippen LogP contribution is 2.31. The number of aromatic nitrogens is 1. The first-order valence-corrected chi connectivity index (χ1v) is 6.91. The summed E-state index contributed by atoms with van der Waals surface area (Å²) in [4.78, 5) is 18.6. The Kier molecular flexibility index (Phi) is 3.62. The number of carbonyl (C=O) groups excluding carboxylic acids is 1. The van der Waals surface area contributed by atoms with Crippen LogP contribution >= 0.6 is 0 Å². The van der Waals surface area contributed by atoms with E-state index in [2.05, 4.69) is 10.3 Å². The third-order valence-corrected chi connectivity index (χ3v) is 3.77. The number of ether oxygens (including phenoxy) is 1. The Balaban J connectivity index is 2.10. The molecule has 0 bridgehead atoms. The number of hydrogen-bond donors (Lipinski definition) is 2. The summed E-state index contributed by atoms with van der Waals surface area (Å²) in [6, 6.07) is 7.23. The van der Waals surface area contributed by atoms with Gasteiger partial charge in [0.2, 0.25) is 5.91 Å². The fraction of sp³-hybridized carbons (Fsp3) is 0.333. The molecule has 1 aliphatic rings. The molecule has 1 aromatic heterocycles. The fourth-order valence-corrected chi connectivity index (χ4v) is 2.69. The van der Waals surface area contributed by atoms with Gasteiger partial charge in [-0.15, -0.1) is 0 Å². The lowest BCUT2D eigenvalue weighted by atomic mass is 10.1. The summed E-state index contributed by atoms with van der Waals surface area (Å²) in [6.07, 6.45) is 1.74. The molecule has 0 radical (unpaired) electrons. The highest BCUT2D eigenvalue weighted by atomic mass is 16.5. The van der Waals surface area contributed by atoms with E-state index in [4.69, 9.17) is 10.5 Å². The normalized spacial score (nSPS) is 18.7. The van der Waals surface area contributed by atoms with Crippen molar-refractivity contribution in [1.29, 1.82) is 0 Å². The third-order valence-electron chi connectivity index (χ3n) is 3.77. The summed E-state index contributed by atoms with van der Waals surface area (Å²) in [6.45, 7) is 1.61. The number of amides is 1. The zero-order valence-electron chi connectivity index (χ0n) is 11.9. The van der Waals surface area contributed by atoms with E-state index < -0.39 is 0 Å². The zero-order chi connectivity index (χ0) is 14.8. The van der Waals surface area contributed by atoms with Crippen LogP contribution in [0, 0.1) is 0 Å². The number of anilines is 2. The van der Waals surface area contributed by atoms with Crippen LogP contribution < -0.4 is 16.0 Å². The van der Waals surface area contributed by atoms with Crippen LogP contribution in [0.2, 0.25) is 0 Å². The van der Waals surface area contributed by atoms with Gasteiger partial charge in [-0.1, -0.05) is 0 Å². The Bertz CT molecular complexity index is 674. The number of hydrogen-bond acceptors (Lipinski definition) is 5. The lowest BCUT2D eigenvalue weighted by Gasteiger charge is -2.36. The molecular weight excluding hydrogens is 268 g/mol. The van der Waals surface area contributed by atoms with Crippen LogP contribution in [0.25, 0.3) is 10.9 Å². The highest BCUT2D eigenvalue weighted by Gasteiger charge is 2.30. The molecule has 2 heterocycles. The van der Waals surface area contributed by atoms with Crippen molar-refractivity contribution in [2.75, 3.05) is 37.4 Å². The minimum Gasteiger partial charge on any atom is -0.398 e. The topological polar surface area (TPSA) is 80.5 Å². The SMILES string of the molecule is CNC(=O)C1COCCN1c1ccc(N)c2cccnc12. The number of nitrogen functional groups attached to an aromatic ring is 1. The molecule has 1 aromatic carbocycles. The molecule has 3 N–H and O–H groups in total. The first kappa shape index (κ1) is 13.6. The van der Waals surface area contributed by atoms with Crippen molar-refractivity contribution < 1.29 is 9.53 Å². The minimum absolute atomic E-state index is 0.0596. The molecule has 6 heteroatoms. The second-order valence-electron chi connectivity index (χ2n) is 4.97. The van der Waals surface area contributed by atoms with Gasteiger partial charge in [-0.3, -0.25) is 9.78 Å².